The number of nitrogens with zero attached hydrogens (tertiary/aromatic N) is 1. The van der Waals surface area contributed by atoms with Crippen LogP contribution in [0.25, 0.3) is 0 Å². The first-order valence-electron chi connectivity index (χ1n) is 21.5. The molecular formula is C42H67NO2S. The van der Waals surface area contributed by atoms with E-state index in [1.165, 1.54) is 135 Å². The largest absolute Gasteiger partial charge is 0.374 e. The van der Waals surface area contributed by atoms with Crippen LogP contribution in [0.15, 0.2) is 0 Å². The highest BCUT2D eigenvalue weighted by molar-refractivity contribution is 8.00. The molecule has 10 fully saturated rings. The van der Waals surface area contributed by atoms with Crippen molar-refractivity contribution in [1.29, 1.82) is 0 Å². The predicted molar refractivity (Wildman–Crippen MR) is 189 cm³/mol. The van der Waals surface area contributed by atoms with E-state index in [0.717, 1.165) is 76.0 Å². The van der Waals surface area contributed by atoms with Gasteiger partial charge in [0.1, 0.15) is 0 Å². The summed E-state index contributed by atoms with van der Waals surface area (Å²) >= 11 is 2.59. The van der Waals surface area contributed by atoms with Crippen LogP contribution in [0, 0.1) is 47.3 Å². The van der Waals surface area contributed by atoms with E-state index in [2.05, 4.69) is 16.7 Å². The summed E-state index contributed by atoms with van der Waals surface area (Å²) in [5.74, 6) is 7.63. The summed E-state index contributed by atoms with van der Waals surface area (Å²) in [6.07, 6.45) is 39.3. The van der Waals surface area contributed by atoms with Gasteiger partial charge in [0.2, 0.25) is 0 Å². The van der Waals surface area contributed by atoms with Crippen molar-refractivity contribution in [2.75, 3.05) is 0 Å². The summed E-state index contributed by atoms with van der Waals surface area (Å²) in [6, 6.07) is 2.54. The lowest BCUT2D eigenvalue weighted by Crippen LogP contribution is -2.58. The first kappa shape index (κ1) is 31.0. The maximum Gasteiger partial charge on any atom is 0.0621 e. The summed E-state index contributed by atoms with van der Waals surface area (Å²) in [5.41, 5.74) is 0. The molecule has 3 heterocycles. The summed E-state index contributed by atoms with van der Waals surface area (Å²) in [4.78, 5) is 3.39. The number of rotatable bonds is 4. The summed E-state index contributed by atoms with van der Waals surface area (Å²) in [6.45, 7) is 0. The van der Waals surface area contributed by atoms with Crippen molar-refractivity contribution >= 4 is 11.8 Å². The quantitative estimate of drug-likeness (QED) is 0.302. The molecule has 10 rings (SSSR count). The van der Waals surface area contributed by atoms with Gasteiger partial charge in [-0.05, 0) is 138 Å². The molecular weight excluding hydrogens is 583 g/mol. The van der Waals surface area contributed by atoms with Gasteiger partial charge in [-0.3, -0.25) is 4.90 Å². The minimum atomic E-state index is 0.596. The molecule has 0 amide bonds. The van der Waals surface area contributed by atoms with Crippen molar-refractivity contribution in [3.63, 3.8) is 0 Å². The van der Waals surface area contributed by atoms with Crippen LogP contribution < -0.4 is 0 Å². The molecule has 7 aliphatic carbocycles. The van der Waals surface area contributed by atoms with Gasteiger partial charge in [0.05, 0.1) is 24.4 Å². The van der Waals surface area contributed by atoms with Crippen molar-refractivity contribution in [3.05, 3.63) is 0 Å². The molecule has 0 spiro atoms. The molecule has 7 saturated carbocycles. The average Bonchev–Trinajstić information content (AvgIpc) is 3.80. The third-order valence-electron chi connectivity index (χ3n) is 17.1. The average molecular weight is 650 g/mol. The zero-order valence-corrected chi connectivity index (χ0v) is 30.0. The summed E-state index contributed by atoms with van der Waals surface area (Å²) in [7, 11) is 0. The monoisotopic (exact) mass is 649 g/mol. The molecule has 14 atom stereocenters. The van der Waals surface area contributed by atoms with Gasteiger partial charge in [-0.1, -0.05) is 64.2 Å². The minimum absolute atomic E-state index is 0.596. The van der Waals surface area contributed by atoms with Crippen molar-refractivity contribution in [2.24, 2.45) is 47.3 Å². The van der Waals surface area contributed by atoms with Gasteiger partial charge in [-0.2, -0.15) is 11.8 Å². The van der Waals surface area contributed by atoms with Gasteiger partial charge in [-0.25, -0.2) is 0 Å². The molecule has 0 aromatic heterocycles. The molecule has 0 bridgehead atoms. The van der Waals surface area contributed by atoms with Crippen molar-refractivity contribution in [1.82, 2.24) is 4.90 Å². The smallest absolute Gasteiger partial charge is 0.0621 e. The molecule has 4 heteroatoms. The van der Waals surface area contributed by atoms with Gasteiger partial charge < -0.3 is 9.47 Å². The van der Waals surface area contributed by atoms with E-state index in [1.54, 1.807) is 25.7 Å². The topological polar surface area (TPSA) is 21.7 Å². The fourth-order valence-corrected chi connectivity index (χ4v) is 17.7. The molecule has 0 aromatic carbocycles. The normalized spacial score (nSPS) is 53.9. The van der Waals surface area contributed by atoms with E-state index in [1.807, 2.05) is 0 Å². The Hall–Kier alpha value is 0.230. The highest BCUT2D eigenvalue weighted by Gasteiger charge is 2.60. The Morgan fingerprint density at radius 1 is 0.391 bits per heavy atom. The van der Waals surface area contributed by atoms with Crippen LogP contribution in [0.2, 0.25) is 0 Å². The van der Waals surface area contributed by atoms with E-state index in [-0.39, 0.29) is 0 Å². The van der Waals surface area contributed by atoms with Gasteiger partial charge in [-0.15, -0.1) is 0 Å². The number of thioether (sulfide) groups is 1. The van der Waals surface area contributed by atoms with E-state index < -0.39 is 0 Å². The number of hydrogen-bond donors (Lipinski definition) is 0. The van der Waals surface area contributed by atoms with E-state index in [9.17, 15) is 0 Å². The minimum Gasteiger partial charge on any atom is -0.374 e. The number of fused-ring (bicyclic) bond motifs is 10. The lowest BCUT2D eigenvalue weighted by Gasteiger charge is -2.53. The Morgan fingerprint density at radius 2 is 1.00 bits per heavy atom. The highest BCUT2D eigenvalue weighted by atomic mass is 32.2. The molecule has 10 aliphatic rings. The van der Waals surface area contributed by atoms with E-state index in [4.69, 9.17) is 9.47 Å². The fraction of sp³-hybridized carbons (Fsp3) is 1.00. The first-order chi connectivity index (χ1) is 22.8. The van der Waals surface area contributed by atoms with E-state index in [0.29, 0.717) is 24.4 Å². The van der Waals surface area contributed by atoms with Crippen LogP contribution in [0.4, 0.5) is 0 Å². The standard InChI is InChI=1S/C42H67NO2S/c1-2-9-26(10-3-1)27-17-19-28(20-18-27)43(29-21-23-38-34(25-29)30-11-4-6-15-36(30)44-38)35-14-8-13-31-32-22-24-39-40(42(32)46-41(31)35)33-12-5-7-16-37(33)45-39/h26-42H,1-25H2. The van der Waals surface area contributed by atoms with Crippen molar-refractivity contribution in [2.45, 2.75) is 214 Å². The first-order valence-corrected chi connectivity index (χ1v) is 22.5. The molecule has 14 unspecified atom stereocenters. The molecule has 0 aromatic rings. The van der Waals surface area contributed by atoms with Crippen LogP contribution in [0.5, 0.6) is 0 Å². The SMILES string of the molecule is C1CCC(C2CCC(N(C3CCC4OC5CCCCC5C4C3)C3CCCC4C5CCC6OC7CCCCC7C6C5SC43)CC2)CC1. The summed E-state index contributed by atoms with van der Waals surface area (Å²) in [5, 5.41) is 1.81. The van der Waals surface area contributed by atoms with Crippen LogP contribution in [0.3, 0.4) is 0 Å². The van der Waals surface area contributed by atoms with Crippen LogP contribution >= 0.6 is 11.8 Å². The Morgan fingerprint density at radius 3 is 1.85 bits per heavy atom. The molecule has 0 radical (unpaired) electrons. The third-order valence-corrected chi connectivity index (χ3v) is 19.0. The second-order valence-corrected chi connectivity index (χ2v) is 20.3. The van der Waals surface area contributed by atoms with Crippen molar-refractivity contribution in [3.8, 4) is 0 Å². The Kier molecular flexibility index (Phi) is 8.82. The lowest BCUT2D eigenvalue weighted by atomic mass is 9.64. The molecule has 3 saturated heterocycles. The van der Waals surface area contributed by atoms with Gasteiger partial charge >= 0.3 is 0 Å². The number of hydrogen-bond acceptors (Lipinski definition) is 4. The Balaban J connectivity index is 0.919. The Bertz CT molecular complexity index is 1050. The van der Waals surface area contributed by atoms with Crippen LogP contribution in [-0.2, 0) is 9.47 Å². The second-order valence-electron chi connectivity index (χ2n) is 18.9. The molecule has 46 heavy (non-hydrogen) atoms. The highest BCUT2D eigenvalue weighted by Crippen LogP contribution is 2.62. The zero-order valence-electron chi connectivity index (χ0n) is 29.2. The van der Waals surface area contributed by atoms with Gasteiger partial charge in [0.25, 0.3) is 0 Å². The maximum atomic E-state index is 6.90. The zero-order chi connectivity index (χ0) is 30.2. The van der Waals surface area contributed by atoms with Crippen molar-refractivity contribution < 1.29 is 9.47 Å². The molecule has 258 valence electrons. The third kappa shape index (κ3) is 5.36. The van der Waals surface area contributed by atoms with Gasteiger partial charge in [0.15, 0.2) is 0 Å². The fourth-order valence-electron chi connectivity index (χ4n) is 15.2. The van der Waals surface area contributed by atoms with Crippen LogP contribution in [-0.4, -0.2) is 57.9 Å². The van der Waals surface area contributed by atoms with Gasteiger partial charge in [0, 0.05) is 34.5 Å². The van der Waals surface area contributed by atoms with Crippen LogP contribution in [0.1, 0.15) is 161 Å². The second kappa shape index (κ2) is 13.1. The summed E-state index contributed by atoms with van der Waals surface area (Å²) < 4.78 is 13.8. The predicted octanol–water partition coefficient (Wildman–Crippen LogP) is 10.2. The molecule has 0 N–H and O–H groups in total. The number of ether oxygens (including phenoxy) is 2. The molecule has 3 nitrogen and oxygen atoms in total. The molecule has 3 aliphatic heterocycles. The van der Waals surface area contributed by atoms with E-state index >= 15 is 0 Å². The lowest BCUT2D eigenvalue weighted by molar-refractivity contribution is -0.0379. The maximum absolute atomic E-state index is 6.90. The Labute approximate surface area is 286 Å².